The Labute approximate surface area is 129 Å². The zero-order valence-electron chi connectivity index (χ0n) is 13.0. The van der Waals surface area contributed by atoms with Crippen LogP contribution in [-0.4, -0.2) is 48.1 Å². The number of nitrogens with one attached hydrogen (secondary N) is 2. The number of carboxylic acids is 1. The summed E-state index contributed by atoms with van der Waals surface area (Å²) in [6.07, 6.45) is -0.0569. The highest BCUT2D eigenvalue weighted by Gasteiger charge is 2.11. The Bertz CT molecular complexity index is 572. The molecule has 0 fully saturated rings. The second kappa shape index (κ2) is 8.14. The van der Waals surface area contributed by atoms with Crippen molar-refractivity contribution in [1.82, 2.24) is 10.2 Å². The van der Waals surface area contributed by atoms with Crippen molar-refractivity contribution in [3.8, 4) is 0 Å². The lowest BCUT2D eigenvalue weighted by Crippen LogP contribution is -2.41. The van der Waals surface area contributed by atoms with Crippen LogP contribution in [0, 0.1) is 13.8 Å². The molecule has 0 atom stereocenters. The van der Waals surface area contributed by atoms with Crippen molar-refractivity contribution >= 4 is 23.6 Å². The summed E-state index contributed by atoms with van der Waals surface area (Å²) in [6, 6.07) is 4.84. The van der Waals surface area contributed by atoms with Gasteiger partial charge >= 0.3 is 12.0 Å². The standard InChI is InChI=1S/C15H21N3O4/c1-10-4-5-12(8-11(10)2)16-15(22)17-13(19)9-18(3)7-6-14(20)21/h4-5,8H,6-7,9H2,1-3H3,(H,20,21)(H2,16,17,19,22). The fraction of sp³-hybridized carbons (Fsp3) is 0.400. The monoisotopic (exact) mass is 307 g/mol. The van der Waals surface area contributed by atoms with Crippen LogP contribution in [-0.2, 0) is 9.59 Å². The number of hydrogen-bond donors (Lipinski definition) is 3. The number of likely N-dealkylation sites (N-methyl/N-ethyl adjacent to an activating group) is 1. The van der Waals surface area contributed by atoms with E-state index >= 15 is 0 Å². The van der Waals surface area contributed by atoms with Crippen LogP contribution in [0.15, 0.2) is 18.2 Å². The van der Waals surface area contributed by atoms with Crippen LogP contribution in [0.5, 0.6) is 0 Å². The summed E-state index contributed by atoms with van der Waals surface area (Å²) in [4.78, 5) is 35.3. The highest BCUT2D eigenvalue weighted by atomic mass is 16.4. The van der Waals surface area contributed by atoms with Gasteiger partial charge in [0.05, 0.1) is 13.0 Å². The molecule has 7 nitrogen and oxygen atoms in total. The molecule has 0 bridgehead atoms. The average Bonchev–Trinajstić information content (AvgIpc) is 2.40. The Balaban J connectivity index is 2.42. The molecule has 0 saturated heterocycles. The maximum absolute atomic E-state index is 11.7. The van der Waals surface area contributed by atoms with E-state index in [0.29, 0.717) is 5.69 Å². The van der Waals surface area contributed by atoms with Crippen LogP contribution in [0.25, 0.3) is 0 Å². The highest BCUT2D eigenvalue weighted by molar-refractivity contribution is 6.01. The molecule has 0 saturated carbocycles. The summed E-state index contributed by atoms with van der Waals surface area (Å²) < 4.78 is 0. The zero-order valence-corrected chi connectivity index (χ0v) is 13.0. The van der Waals surface area contributed by atoms with E-state index < -0.39 is 17.9 Å². The van der Waals surface area contributed by atoms with E-state index in [-0.39, 0.29) is 19.5 Å². The van der Waals surface area contributed by atoms with E-state index in [9.17, 15) is 14.4 Å². The van der Waals surface area contributed by atoms with Crippen LogP contribution in [0.1, 0.15) is 17.5 Å². The number of nitrogens with zero attached hydrogens (tertiary/aromatic N) is 1. The number of amides is 3. The molecule has 1 aromatic carbocycles. The van der Waals surface area contributed by atoms with E-state index in [4.69, 9.17) is 5.11 Å². The number of carboxylic acid groups (broad SMARTS) is 1. The number of aryl methyl sites for hydroxylation is 2. The number of carbonyl (C=O) groups is 3. The van der Waals surface area contributed by atoms with Crippen molar-refractivity contribution in [3.63, 3.8) is 0 Å². The first-order chi connectivity index (χ1) is 10.3. The molecule has 3 N–H and O–H groups in total. The Kier molecular flexibility index (Phi) is 6.52. The Morgan fingerprint density at radius 1 is 1.18 bits per heavy atom. The van der Waals surface area contributed by atoms with Crippen molar-refractivity contribution in [1.29, 1.82) is 0 Å². The second-order valence-corrected chi connectivity index (χ2v) is 5.18. The summed E-state index contributed by atoms with van der Waals surface area (Å²) in [6.45, 7) is 4.09. The minimum absolute atomic E-state index is 0.0480. The minimum Gasteiger partial charge on any atom is -0.481 e. The number of imide groups is 1. The van der Waals surface area contributed by atoms with Crippen molar-refractivity contribution < 1.29 is 19.5 Å². The lowest BCUT2D eigenvalue weighted by Gasteiger charge is -2.15. The number of rotatable bonds is 6. The van der Waals surface area contributed by atoms with Crippen LogP contribution in [0.2, 0.25) is 0 Å². The number of hydrogen-bond acceptors (Lipinski definition) is 4. The first kappa shape index (κ1) is 17.6. The number of benzene rings is 1. The van der Waals surface area contributed by atoms with Gasteiger partial charge in [-0.05, 0) is 44.2 Å². The van der Waals surface area contributed by atoms with Gasteiger partial charge in [0.15, 0.2) is 0 Å². The largest absolute Gasteiger partial charge is 0.481 e. The van der Waals surface area contributed by atoms with Gasteiger partial charge < -0.3 is 10.4 Å². The van der Waals surface area contributed by atoms with Crippen LogP contribution in [0.3, 0.4) is 0 Å². The summed E-state index contributed by atoms with van der Waals surface area (Å²) in [5, 5.41) is 13.3. The van der Waals surface area contributed by atoms with Gasteiger partial charge in [0.1, 0.15) is 0 Å². The quantitative estimate of drug-likeness (QED) is 0.737. The van der Waals surface area contributed by atoms with Gasteiger partial charge in [0, 0.05) is 12.2 Å². The van der Waals surface area contributed by atoms with E-state index in [1.54, 1.807) is 13.1 Å². The molecule has 0 heterocycles. The summed E-state index contributed by atoms with van der Waals surface area (Å²) >= 11 is 0. The van der Waals surface area contributed by atoms with E-state index in [1.807, 2.05) is 26.0 Å². The lowest BCUT2D eigenvalue weighted by molar-refractivity contribution is -0.137. The van der Waals surface area contributed by atoms with Gasteiger partial charge in [-0.2, -0.15) is 0 Å². The molecule has 3 amide bonds. The number of aliphatic carboxylic acids is 1. The van der Waals surface area contributed by atoms with Crippen molar-refractivity contribution in [3.05, 3.63) is 29.3 Å². The molecule has 0 aliphatic heterocycles. The SMILES string of the molecule is Cc1ccc(NC(=O)NC(=O)CN(C)CCC(=O)O)cc1C. The summed E-state index contributed by atoms with van der Waals surface area (Å²) in [7, 11) is 1.61. The predicted molar refractivity (Wildman–Crippen MR) is 82.8 cm³/mol. The van der Waals surface area contributed by atoms with Crippen LogP contribution < -0.4 is 10.6 Å². The molecular weight excluding hydrogens is 286 g/mol. The highest BCUT2D eigenvalue weighted by Crippen LogP contribution is 2.13. The molecule has 120 valence electrons. The molecular formula is C15H21N3O4. The van der Waals surface area contributed by atoms with Gasteiger partial charge in [-0.3, -0.25) is 19.8 Å². The maximum Gasteiger partial charge on any atom is 0.325 e. The third-order valence-electron chi connectivity index (χ3n) is 3.14. The Morgan fingerprint density at radius 3 is 2.45 bits per heavy atom. The maximum atomic E-state index is 11.7. The van der Waals surface area contributed by atoms with Crippen molar-refractivity contribution in [2.24, 2.45) is 0 Å². The number of urea groups is 1. The Morgan fingerprint density at radius 2 is 1.86 bits per heavy atom. The molecule has 0 aliphatic rings. The molecule has 0 aromatic heterocycles. The van der Waals surface area contributed by atoms with Crippen LogP contribution in [0.4, 0.5) is 10.5 Å². The van der Waals surface area contributed by atoms with E-state index in [0.717, 1.165) is 11.1 Å². The van der Waals surface area contributed by atoms with Gasteiger partial charge in [-0.1, -0.05) is 6.07 Å². The fourth-order valence-electron chi connectivity index (χ4n) is 1.76. The minimum atomic E-state index is -0.931. The molecule has 7 heteroatoms. The van der Waals surface area contributed by atoms with Gasteiger partial charge in [0.25, 0.3) is 0 Å². The molecule has 0 aliphatic carbocycles. The average molecular weight is 307 g/mol. The van der Waals surface area contributed by atoms with Crippen molar-refractivity contribution in [2.75, 3.05) is 25.5 Å². The zero-order chi connectivity index (χ0) is 16.7. The fourth-order valence-corrected chi connectivity index (χ4v) is 1.76. The molecule has 0 unspecified atom stereocenters. The molecule has 1 rings (SSSR count). The molecule has 0 spiro atoms. The lowest BCUT2D eigenvalue weighted by atomic mass is 10.1. The van der Waals surface area contributed by atoms with Gasteiger partial charge in [-0.15, -0.1) is 0 Å². The van der Waals surface area contributed by atoms with E-state index in [2.05, 4.69) is 10.6 Å². The second-order valence-electron chi connectivity index (χ2n) is 5.18. The number of carbonyl (C=O) groups excluding carboxylic acids is 2. The van der Waals surface area contributed by atoms with Gasteiger partial charge in [0.2, 0.25) is 5.91 Å². The first-order valence-corrected chi connectivity index (χ1v) is 6.86. The third-order valence-corrected chi connectivity index (χ3v) is 3.14. The first-order valence-electron chi connectivity index (χ1n) is 6.86. The molecule has 22 heavy (non-hydrogen) atoms. The van der Waals surface area contributed by atoms with E-state index in [1.165, 1.54) is 4.90 Å². The predicted octanol–water partition coefficient (Wildman–Crippen LogP) is 1.36. The molecule has 1 aromatic rings. The smallest absolute Gasteiger partial charge is 0.325 e. The number of anilines is 1. The molecule has 0 radical (unpaired) electrons. The topological polar surface area (TPSA) is 98.7 Å². The van der Waals surface area contributed by atoms with Crippen LogP contribution >= 0.6 is 0 Å². The Hall–Kier alpha value is -2.41. The normalized spacial score (nSPS) is 10.4. The summed E-state index contributed by atoms with van der Waals surface area (Å²) in [5.74, 6) is -1.42. The summed E-state index contributed by atoms with van der Waals surface area (Å²) in [5.41, 5.74) is 2.76. The van der Waals surface area contributed by atoms with Gasteiger partial charge in [-0.25, -0.2) is 4.79 Å². The third kappa shape index (κ3) is 6.36. The van der Waals surface area contributed by atoms with Crippen molar-refractivity contribution in [2.45, 2.75) is 20.3 Å².